The Kier molecular flexibility index (Phi) is 3.85. The summed E-state index contributed by atoms with van der Waals surface area (Å²) in [7, 11) is 1.28. The maximum Gasteiger partial charge on any atom is 0.336 e. The van der Waals surface area contributed by atoms with E-state index in [-0.39, 0.29) is 17.1 Å². The number of methoxy groups -OCH3 is 1. The van der Waals surface area contributed by atoms with Crippen LogP contribution in [-0.4, -0.2) is 18.2 Å². The first-order valence-corrected chi connectivity index (χ1v) is 6.24. The number of esters is 1. The van der Waals surface area contributed by atoms with Crippen molar-refractivity contribution in [3.05, 3.63) is 52.5 Å². The molecule has 1 aliphatic rings. The molecule has 108 valence electrons. The van der Waals surface area contributed by atoms with Crippen LogP contribution in [0.25, 0.3) is 0 Å². The topological polar surface area (TPSA) is 108 Å². The van der Waals surface area contributed by atoms with Crippen LogP contribution in [0.3, 0.4) is 0 Å². The Balaban J connectivity index is 2.63. The Hall–Kier alpha value is -2.94. The molecule has 1 unspecified atom stereocenters. The molecule has 1 heterocycles. The minimum atomic E-state index is -0.621. The fourth-order valence-electron chi connectivity index (χ4n) is 2.36. The molecule has 0 aromatic heterocycles. The molecule has 0 amide bonds. The second kappa shape index (κ2) is 5.59. The standard InChI is InChI=1S/C15H15N3O3/c1-8-12(15(20)21-2)13(11(7-16)14(17)18-8)9-3-5-10(19)6-4-9/h3-6,13,18-19H,17H2,1-2H3. The molecule has 6 heteroatoms. The summed E-state index contributed by atoms with van der Waals surface area (Å²) in [5.74, 6) is -0.841. The Morgan fingerprint density at radius 3 is 2.57 bits per heavy atom. The van der Waals surface area contributed by atoms with Crippen molar-refractivity contribution < 1.29 is 14.6 Å². The summed E-state index contributed by atoms with van der Waals surface area (Å²) in [5, 5.41) is 21.6. The zero-order valence-electron chi connectivity index (χ0n) is 11.7. The smallest absolute Gasteiger partial charge is 0.336 e. The van der Waals surface area contributed by atoms with E-state index < -0.39 is 11.9 Å². The maximum absolute atomic E-state index is 12.1. The van der Waals surface area contributed by atoms with Crippen LogP contribution >= 0.6 is 0 Å². The molecule has 0 fully saturated rings. The number of nitrogens with one attached hydrogen (secondary N) is 1. The van der Waals surface area contributed by atoms with E-state index in [9.17, 15) is 15.2 Å². The summed E-state index contributed by atoms with van der Waals surface area (Å²) in [6, 6.07) is 8.31. The summed E-state index contributed by atoms with van der Waals surface area (Å²) >= 11 is 0. The van der Waals surface area contributed by atoms with E-state index in [0.29, 0.717) is 16.8 Å². The zero-order chi connectivity index (χ0) is 15.6. The van der Waals surface area contributed by atoms with Crippen LogP contribution in [0.2, 0.25) is 0 Å². The Morgan fingerprint density at radius 2 is 2.05 bits per heavy atom. The van der Waals surface area contributed by atoms with Gasteiger partial charge in [0.15, 0.2) is 0 Å². The van der Waals surface area contributed by atoms with E-state index in [2.05, 4.69) is 5.32 Å². The van der Waals surface area contributed by atoms with Gasteiger partial charge in [0.1, 0.15) is 11.6 Å². The van der Waals surface area contributed by atoms with Gasteiger partial charge in [-0.25, -0.2) is 4.79 Å². The van der Waals surface area contributed by atoms with Gasteiger partial charge in [0.05, 0.1) is 30.2 Å². The second-order valence-electron chi connectivity index (χ2n) is 4.62. The number of dihydropyridines is 1. The van der Waals surface area contributed by atoms with Crippen molar-refractivity contribution in [2.75, 3.05) is 7.11 Å². The Bertz CT molecular complexity index is 681. The molecule has 4 N–H and O–H groups in total. The summed E-state index contributed by atoms with van der Waals surface area (Å²) in [6.07, 6.45) is 0. The van der Waals surface area contributed by atoms with Crippen LogP contribution in [0, 0.1) is 11.3 Å². The van der Waals surface area contributed by atoms with Crippen molar-refractivity contribution in [3.63, 3.8) is 0 Å². The highest BCUT2D eigenvalue weighted by molar-refractivity contribution is 5.92. The van der Waals surface area contributed by atoms with Gasteiger partial charge in [-0.3, -0.25) is 0 Å². The van der Waals surface area contributed by atoms with Crippen LogP contribution in [-0.2, 0) is 9.53 Å². The van der Waals surface area contributed by atoms with Gasteiger partial charge in [-0.15, -0.1) is 0 Å². The summed E-state index contributed by atoms with van der Waals surface area (Å²) < 4.78 is 4.80. The van der Waals surface area contributed by atoms with Crippen molar-refractivity contribution in [3.8, 4) is 11.8 Å². The number of nitrogens with two attached hydrogens (primary N) is 1. The normalized spacial score (nSPS) is 18.0. The molecule has 1 aromatic carbocycles. The lowest BCUT2D eigenvalue weighted by Crippen LogP contribution is -2.32. The van der Waals surface area contributed by atoms with E-state index in [4.69, 9.17) is 10.5 Å². The van der Waals surface area contributed by atoms with Gasteiger partial charge in [0.25, 0.3) is 0 Å². The lowest BCUT2D eigenvalue weighted by atomic mass is 9.82. The molecule has 1 aliphatic heterocycles. The van der Waals surface area contributed by atoms with Gasteiger partial charge in [-0.1, -0.05) is 12.1 Å². The number of hydrogen-bond acceptors (Lipinski definition) is 6. The number of hydrogen-bond donors (Lipinski definition) is 3. The monoisotopic (exact) mass is 285 g/mol. The van der Waals surface area contributed by atoms with Gasteiger partial charge < -0.3 is 20.9 Å². The first-order chi connectivity index (χ1) is 9.99. The number of allylic oxidation sites excluding steroid dienone is 2. The number of carbonyl (C=O) groups excluding carboxylic acids is 1. The van der Waals surface area contributed by atoms with Gasteiger partial charge in [0.2, 0.25) is 0 Å². The van der Waals surface area contributed by atoms with Crippen LogP contribution in [0.4, 0.5) is 0 Å². The number of phenols is 1. The highest BCUT2D eigenvalue weighted by Gasteiger charge is 2.34. The second-order valence-corrected chi connectivity index (χ2v) is 4.62. The minimum absolute atomic E-state index is 0.100. The van der Waals surface area contributed by atoms with E-state index in [1.54, 1.807) is 19.1 Å². The highest BCUT2D eigenvalue weighted by Crippen LogP contribution is 2.37. The average molecular weight is 285 g/mol. The molecule has 6 nitrogen and oxygen atoms in total. The number of carbonyl (C=O) groups is 1. The van der Waals surface area contributed by atoms with Crippen LogP contribution in [0.1, 0.15) is 18.4 Å². The number of nitrogens with zero attached hydrogens (tertiary/aromatic N) is 1. The predicted molar refractivity (Wildman–Crippen MR) is 75.5 cm³/mol. The number of rotatable bonds is 2. The van der Waals surface area contributed by atoms with Crippen molar-refractivity contribution in [1.29, 1.82) is 5.26 Å². The predicted octanol–water partition coefficient (Wildman–Crippen LogP) is 1.22. The minimum Gasteiger partial charge on any atom is -0.508 e. The third-order valence-corrected chi connectivity index (χ3v) is 3.35. The zero-order valence-corrected chi connectivity index (χ0v) is 11.7. The maximum atomic E-state index is 12.1. The molecule has 0 bridgehead atoms. The molecule has 0 aliphatic carbocycles. The molecule has 2 rings (SSSR count). The van der Waals surface area contributed by atoms with Gasteiger partial charge in [-0.05, 0) is 24.6 Å². The molecule has 0 spiro atoms. The number of phenolic OH excluding ortho intramolecular Hbond substituents is 1. The number of aromatic hydroxyl groups is 1. The first-order valence-electron chi connectivity index (χ1n) is 6.24. The third kappa shape index (κ3) is 2.54. The molecule has 21 heavy (non-hydrogen) atoms. The van der Waals surface area contributed by atoms with Gasteiger partial charge >= 0.3 is 5.97 Å². The number of ether oxygens (including phenoxy) is 1. The molecular weight excluding hydrogens is 270 g/mol. The molecule has 0 saturated carbocycles. The van der Waals surface area contributed by atoms with Crippen LogP contribution in [0.15, 0.2) is 46.9 Å². The molecule has 1 atom stereocenters. The quantitative estimate of drug-likeness (QED) is 0.705. The number of benzene rings is 1. The summed E-state index contributed by atoms with van der Waals surface area (Å²) in [4.78, 5) is 12.1. The Labute approximate surface area is 122 Å². The van der Waals surface area contributed by atoms with Gasteiger partial charge in [-0.2, -0.15) is 5.26 Å². The number of nitriles is 1. The van der Waals surface area contributed by atoms with Crippen molar-refractivity contribution in [2.24, 2.45) is 5.73 Å². The SMILES string of the molecule is COC(=O)C1=C(C)NC(N)=C(C#N)C1c1ccc(O)cc1. The molecule has 1 aromatic rings. The van der Waals surface area contributed by atoms with E-state index in [1.165, 1.54) is 19.2 Å². The highest BCUT2D eigenvalue weighted by atomic mass is 16.5. The fraction of sp³-hybridized carbons (Fsp3) is 0.200. The largest absolute Gasteiger partial charge is 0.508 e. The van der Waals surface area contributed by atoms with E-state index in [1.807, 2.05) is 6.07 Å². The lowest BCUT2D eigenvalue weighted by Gasteiger charge is -2.27. The van der Waals surface area contributed by atoms with Crippen molar-refractivity contribution in [1.82, 2.24) is 5.32 Å². The summed E-state index contributed by atoms with van der Waals surface area (Å²) in [6.45, 7) is 1.70. The average Bonchev–Trinajstić information content (AvgIpc) is 2.46. The Morgan fingerprint density at radius 1 is 1.43 bits per heavy atom. The lowest BCUT2D eigenvalue weighted by molar-refractivity contribution is -0.136. The van der Waals surface area contributed by atoms with E-state index >= 15 is 0 Å². The van der Waals surface area contributed by atoms with Crippen molar-refractivity contribution >= 4 is 5.97 Å². The summed E-state index contributed by atoms with van der Waals surface area (Å²) in [5.41, 5.74) is 7.63. The first kappa shape index (κ1) is 14.5. The van der Waals surface area contributed by atoms with Crippen molar-refractivity contribution in [2.45, 2.75) is 12.8 Å². The molecule has 0 saturated heterocycles. The molecular formula is C15H15N3O3. The molecule has 0 radical (unpaired) electrons. The van der Waals surface area contributed by atoms with Gasteiger partial charge in [0, 0.05) is 5.70 Å². The van der Waals surface area contributed by atoms with Crippen LogP contribution < -0.4 is 11.1 Å². The van der Waals surface area contributed by atoms with Crippen LogP contribution in [0.5, 0.6) is 5.75 Å². The third-order valence-electron chi connectivity index (χ3n) is 3.35. The van der Waals surface area contributed by atoms with E-state index in [0.717, 1.165) is 0 Å². The fourth-order valence-corrected chi connectivity index (χ4v) is 2.36.